The molecule has 4 nitrogen and oxygen atoms in total. The van der Waals surface area contributed by atoms with E-state index >= 15 is 0 Å². The summed E-state index contributed by atoms with van der Waals surface area (Å²) in [7, 11) is 0. The van der Waals surface area contributed by atoms with E-state index in [-0.39, 0.29) is 0 Å². The highest BCUT2D eigenvalue weighted by Gasteiger charge is 2.09. The van der Waals surface area contributed by atoms with Gasteiger partial charge in [0.15, 0.2) is 5.82 Å². The van der Waals surface area contributed by atoms with Crippen molar-refractivity contribution in [1.82, 2.24) is 15.0 Å². The van der Waals surface area contributed by atoms with E-state index in [2.05, 4.69) is 15.0 Å². The Bertz CT molecular complexity index is 526. The first-order valence-corrected chi connectivity index (χ1v) is 5.21. The second kappa shape index (κ2) is 4.55. The smallest absolute Gasteiger partial charge is 0.178 e. The van der Waals surface area contributed by atoms with Gasteiger partial charge in [-0.15, -0.1) is 0 Å². The van der Waals surface area contributed by atoms with Gasteiger partial charge in [-0.3, -0.25) is 0 Å². The largest absolute Gasteiger partial charge is 0.389 e. The van der Waals surface area contributed by atoms with Gasteiger partial charge < -0.3 is 5.11 Å². The Kier molecular flexibility index (Phi) is 3.10. The Morgan fingerprint density at radius 2 is 2.00 bits per heavy atom. The van der Waals surface area contributed by atoms with Crippen LogP contribution in [0.3, 0.4) is 0 Å². The van der Waals surface area contributed by atoms with Gasteiger partial charge in [0.1, 0.15) is 11.5 Å². The molecule has 1 N–H and O–H groups in total. The maximum atomic E-state index is 12.7. The lowest BCUT2D eigenvalue weighted by molar-refractivity contribution is 0.197. The third-order valence-electron chi connectivity index (χ3n) is 2.42. The summed E-state index contributed by atoms with van der Waals surface area (Å²) in [6.45, 7) is 3.44. The van der Waals surface area contributed by atoms with Crippen LogP contribution in [0.15, 0.2) is 24.5 Å². The van der Waals surface area contributed by atoms with Gasteiger partial charge in [-0.1, -0.05) is 0 Å². The molecule has 0 aliphatic carbocycles. The standard InChI is InChI=1S/C12H12FN3O/c1-7-10(8(2)17)6-15-12(16-7)11-4-3-9(13)5-14-11/h3-6,8,17H,1-2H3. The number of pyridine rings is 1. The molecule has 17 heavy (non-hydrogen) atoms. The number of aliphatic hydroxyl groups excluding tert-OH is 1. The molecule has 88 valence electrons. The number of nitrogens with zero attached hydrogens (tertiary/aromatic N) is 3. The molecule has 0 aliphatic heterocycles. The molecule has 0 fully saturated rings. The fourth-order valence-corrected chi connectivity index (χ4v) is 1.52. The van der Waals surface area contributed by atoms with Crippen LogP contribution in [0.5, 0.6) is 0 Å². The predicted molar refractivity (Wildman–Crippen MR) is 60.6 cm³/mol. The number of aryl methyl sites for hydroxylation is 1. The number of hydrogen-bond acceptors (Lipinski definition) is 4. The Hall–Kier alpha value is -1.88. The average Bonchev–Trinajstić information content (AvgIpc) is 2.29. The zero-order valence-corrected chi connectivity index (χ0v) is 9.55. The molecule has 2 rings (SSSR count). The first kappa shape index (κ1) is 11.6. The van der Waals surface area contributed by atoms with Gasteiger partial charge in [0.25, 0.3) is 0 Å². The van der Waals surface area contributed by atoms with Crippen LogP contribution in [-0.2, 0) is 0 Å². The van der Waals surface area contributed by atoms with Crippen LogP contribution in [0, 0.1) is 12.7 Å². The minimum atomic E-state index is -0.606. The number of hydrogen-bond donors (Lipinski definition) is 1. The summed E-state index contributed by atoms with van der Waals surface area (Å²) in [4.78, 5) is 12.2. The third-order valence-corrected chi connectivity index (χ3v) is 2.42. The van der Waals surface area contributed by atoms with Gasteiger partial charge in [0.2, 0.25) is 0 Å². The SMILES string of the molecule is Cc1nc(-c2ccc(F)cn2)ncc1C(C)O. The monoisotopic (exact) mass is 233 g/mol. The first-order valence-electron chi connectivity index (χ1n) is 5.21. The van der Waals surface area contributed by atoms with Crippen molar-refractivity contribution in [2.75, 3.05) is 0 Å². The van der Waals surface area contributed by atoms with Gasteiger partial charge in [-0.05, 0) is 26.0 Å². The lowest BCUT2D eigenvalue weighted by Gasteiger charge is -2.08. The van der Waals surface area contributed by atoms with E-state index in [0.717, 1.165) is 6.20 Å². The molecule has 0 spiro atoms. The number of rotatable bonds is 2. The van der Waals surface area contributed by atoms with Crippen molar-refractivity contribution in [3.05, 3.63) is 41.6 Å². The highest BCUT2D eigenvalue weighted by atomic mass is 19.1. The van der Waals surface area contributed by atoms with Crippen LogP contribution in [0.2, 0.25) is 0 Å². The first-order chi connectivity index (χ1) is 8.08. The molecule has 0 aliphatic rings. The van der Waals surface area contributed by atoms with Gasteiger partial charge in [0, 0.05) is 17.5 Å². The molecule has 0 saturated carbocycles. The molecule has 0 radical (unpaired) electrons. The van der Waals surface area contributed by atoms with Crippen LogP contribution in [0.1, 0.15) is 24.3 Å². The van der Waals surface area contributed by atoms with E-state index in [1.807, 2.05) is 0 Å². The van der Waals surface area contributed by atoms with Gasteiger partial charge >= 0.3 is 0 Å². The zero-order chi connectivity index (χ0) is 12.4. The molecule has 0 aromatic carbocycles. The van der Waals surface area contributed by atoms with Crippen LogP contribution in [0.25, 0.3) is 11.5 Å². The molecular weight excluding hydrogens is 221 g/mol. The second-order valence-electron chi connectivity index (χ2n) is 3.77. The van der Waals surface area contributed by atoms with E-state index < -0.39 is 11.9 Å². The topological polar surface area (TPSA) is 58.9 Å². The maximum absolute atomic E-state index is 12.7. The summed E-state index contributed by atoms with van der Waals surface area (Å²) < 4.78 is 12.7. The van der Waals surface area contributed by atoms with Crippen LogP contribution in [-0.4, -0.2) is 20.1 Å². The molecular formula is C12H12FN3O. The fraction of sp³-hybridized carbons (Fsp3) is 0.250. The summed E-state index contributed by atoms with van der Waals surface area (Å²) in [6.07, 6.45) is 2.08. The molecule has 0 bridgehead atoms. The minimum Gasteiger partial charge on any atom is -0.389 e. The van der Waals surface area contributed by atoms with Gasteiger partial charge in [0.05, 0.1) is 12.3 Å². The van der Waals surface area contributed by atoms with Gasteiger partial charge in [-0.2, -0.15) is 0 Å². The molecule has 2 aromatic rings. The molecule has 1 unspecified atom stereocenters. The molecule has 0 amide bonds. The quantitative estimate of drug-likeness (QED) is 0.862. The van der Waals surface area contributed by atoms with Crippen molar-refractivity contribution in [3.8, 4) is 11.5 Å². The highest BCUT2D eigenvalue weighted by Crippen LogP contribution is 2.18. The lowest BCUT2D eigenvalue weighted by atomic mass is 10.1. The number of halogens is 1. The summed E-state index contributed by atoms with van der Waals surface area (Å²) >= 11 is 0. The van der Waals surface area contributed by atoms with E-state index in [0.29, 0.717) is 22.8 Å². The summed E-state index contributed by atoms with van der Waals surface area (Å²) in [5.74, 6) is 0.0259. The molecule has 0 saturated heterocycles. The van der Waals surface area contributed by atoms with Crippen molar-refractivity contribution < 1.29 is 9.50 Å². The van der Waals surface area contributed by atoms with Crippen LogP contribution >= 0.6 is 0 Å². The summed E-state index contributed by atoms with van der Waals surface area (Å²) in [5.41, 5.74) is 1.87. The third kappa shape index (κ3) is 2.45. The number of aromatic nitrogens is 3. The molecule has 2 aromatic heterocycles. The van der Waals surface area contributed by atoms with Crippen molar-refractivity contribution >= 4 is 0 Å². The highest BCUT2D eigenvalue weighted by molar-refractivity contribution is 5.48. The van der Waals surface area contributed by atoms with E-state index in [4.69, 9.17) is 0 Å². The Labute approximate surface area is 98.2 Å². The minimum absolute atomic E-state index is 0.397. The van der Waals surface area contributed by atoms with E-state index in [9.17, 15) is 9.50 Å². The summed E-state index contributed by atoms with van der Waals surface area (Å²) in [5, 5.41) is 9.46. The summed E-state index contributed by atoms with van der Waals surface area (Å²) in [6, 6.07) is 2.83. The van der Waals surface area contributed by atoms with E-state index in [1.54, 1.807) is 20.0 Å². The second-order valence-corrected chi connectivity index (χ2v) is 3.77. The van der Waals surface area contributed by atoms with Crippen molar-refractivity contribution in [3.63, 3.8) is 0 Å². The Morgan fingerprint density at radius 3 is 2.53 bits per heavy atom. The normalized spacial score (nSPS) is 12.5. The fourth-order valence-electron chi connectivity index (χ4n) is 1.52. The van der Waals surface area contributed by atoms with E-state index in [1.165, 1.54) is 12.1 Å². The molecule has 2 heterocycles. The Balaban J connectivity index is 2.41. The predicted octanol–water partition coefficient (Wildman–Crippen LogP) is 2.04. The Morgan fingerprint density at radius 1 is 1.24 bits per heavy atom. The van der Waals surface area contributed by atoms with Crippen LogP contribution in [0.4, 0.5) is 4.39 Å². The molecule has 5 heteroatoms. The average molecular weight is 233 g/mol. The van der Waals surface area contributed by atoms with Crippen molar-refractivity contribution in [2.45, 2.75) is 20.0 Å². The van der Waals surface area contributed by atoms with Gasteiger partial charge in [-0.25, -0.2) is 19.3 Å². The van der Waals surface area contributed by atoms with Crippen LogP contribution < -0.4 is 0 Å². The maximum Gasteiger partial charge on any atom is 0.178 e. The number of aliphatic hydroxyl groups is 1. The lowest BCUT2D eigenvalue weighted by Crippen LogP contribution is -2.01. The molecule has 1 atom stereocenters. The van der Waals surface area contributed by atoms with Crippen molar-refractivity contribution in [2.24, 2.45) is 0 Å². The van der Waals surface area contributed by atoms with Crippen molar-refractivity contribution in [1.29, 1.82) is 0 Å². The zero-order valence-electron chi connectivity index (χ0n) is 9.55.